The van der Waals surface area contributed by atoms with Crippen LogP contribution < -0.4 is 0 Å². The third-order valence-electron chi connectivity index (χ3n) is 6.88. The minimum absolute atomic E-state index is 0.0945. The zero-order valence-electron chi connectivity index (χ0n) is 27.0. The fourth-order valence-electron chi connectivity index (χ4n) is 4.42. The Balaban J connectivity index is 4.30. The van der Waals surface area contributed by atoms with Gasteiger partial charge >= 0.3 is 11.9 Å². The number of carbonyl (C=O) groups excluding carboxylic acids is 1. The Kier molecular flexibility index (Phi) is 30.8. The molecule has 0 amide bonds. The molecule has 0 saturated heterocycles. The minimum atomic E-state index is -0.722. The van der Waals surface area contributed by atoms with Crippen molar-refractivity contribution in [2.45, 2.75) is 155 Å². The summed E-state index contributed by atoms with van der Waals surface area (Å²) in [5.74, 6) is -0.817. The normalized spacial score (nSPS) is 13.2. The molecule has 0 aliphatic rings. The molecule has 4 nitrogen and oxygen atoms in total. The molecule has 0 aromatic heterocycles. The first-order valence-corrected chi connectivity index (χ1v) is 16.9. The van der Waals surface area contributed by atoms with Crippen LogP contribution >= 0.6 is 0 Å². The summed E-state index contributed by atoms with van der Waals surface area (Å²) in [6.45, 7) is 4.34. The predicted molar refractivity (Wildman–Crippen MR) is 181 cm³/mol. The average Bonchev–Trinajstić information content (AvgIpc) is 2.97. The van der Waals surface area contributed by atoms with Gasteiger partial charge in [0.05, 0.1) is 0 Å². The van der Waals surface area contributed by atoms with E-state index in [2.05, 4.69) is 80.7 Å². The van der Waals surface area contributed by atoms with Crippen molar-refractivity contribution in [3.63, 3.8) is 0 Å². The summed E-state index contributed by atoms with van der Waals surface area (Å²) in [4.78, 5) is 23.2. The molecule has 0 bridgehead atoms. The van der Waals surface area contributed by atoms with Gasteiger partial charge in [-0.25, -0.2) is 0 Å². The average molecular weight is 583 g/mol. The summed E-state index contributed by atoms with van der Waals surface area (Å²) in [6, 6.07) is 0. The molecule has 0 aliphatic carbocycles. The number of rotatable bonds is 29. The highest BCUT2D eigenvalue weighted by Crippen LogP contribution is 2.14. The molecule has 1 unspecified atom stereocenters. The maximum Gasteiger partial charge on any atom is 0.306 e. The van der Waals surface area contributed by atoms with Gasteiger partial charge in [-0.1, -0.05) is 126 Å². The molecular formula is C38H62O4. The van der Waals surface area contributed by atoms with Gasteiger partial charge in [-0.05, 0) is 83.1 Å². The smallest absolute Gasteiger partial charge is 0.306 e. The number of esters is 1. The molecule has 0 aliphatic heterocycles. The number of hydrogen-bond acceptors (Lipinski definition) is 3. The van der Waals surface area contributed by atoms with Gasteiger partial charge in [0.15, 0.2) is 0 Å². The van der Waals surface area contributed by atoms with Crippen molar-refractivity contribution in [1.82, 2.24) is 0 Å². The zero-order chi connectivity index (χ0) is 30.8. The van der Waals surface area contributed by atoms with E-state index in [1.54, 1.807) is 0 Å². The highest BCUT2D eigenvalue weighted by molar-refractivity contribution is 5.69. The van der Waals surface area contributed by atoms with Gasteiger partial charge in [0, 0.05) is 12.8 Å². The molecule has 1 atom stereocenters. The first-order chi connectivity index (χ1) is 20.6. The molecule has 0 fully saturated rings. The van der Waals surface area contributed by atoms with Crippen molar-refractivity contribution in [3.05, 3.63) is 72.9 Å². The molecule has 0 spiro atoms. The number of allylic oxidation sites excluding steroid dienone is 11. The maximum atomic E-state index is 12.5. The van der Waals surface area contributed by atoms with Crippen molar-refractivity contribution in [2.75, 3.05) is 0 Å². The molecule has 4 heteroatoms. The molecule has 0 heterocycles. The Hall–Kier alpha value is -2.62. The molecule has 1 N–H and O–H groups in total. The van der Waals surface area contributed by atoms with Gasteiger partial charge in [-0.3, -0.25) is 9.59 Å². The predicted octanol–water partition coefficient (Wildman–Crippen LogP) is 11.6. The highest BCUT2D eigenvalue weighted by Gasteiger charge is 2.11. The third-order valence-corrected chi connectivity index (χ3v) is 6.88. The third kappa shape index (κ3) is 31.9. The van der Waals surface area contributed by atoms with E-state index in [0.717, 1.165) is 89.9 Å². The second-order valence-corrected chi connectivity index (χ2v) is 11.0. The Morgan fingerprint density at radius 3 is 1.69 bits per heavy atom. The monoisotopic (exact) mass is 582 g/mol. The van der Waals surface area contributed by atoms with E-state index in [4.69, 9.17) is 9.84 Å². The van der Waals surface area contributed by atoms with Crippen LogP contribution in [0.3, 0.4) is 0 Å². The van der Waals surface area contributed by atoms with E-state index in [9.17, 15) is 9.59 Å². The van der Waals surface area contributed by atoms with Crippen molar-refractivity contribution in [3.8, 4) is 0 Å². The topological polar surface area (TPSA) is 63.6 Å². The summed E-state index contributed by atoms with van der Waals surface area (Å²) in [5, 5.41) is 8.78. The molecule has 0 aromatic carbocycles. The van der Waals surface area contributed by atoms with Gasteiger partial charge in [0.2, 0.25) is 0 Å². The van der Waals surface area contributed by atoms with Gasteiger partial charge in [0.25, 0.3) is 0 Å². The van der Waals surface area contributed by atoms with E-state index >= 15 is 0 Å². The standard InChI is InChI=1S/C38H62O4/c1-3-5-7-9-11-13-15-16-18-20-22-27-31-35-38(41)42-36(33-29-25-23-26-30-34-37(39)40)32-28-24-21-19-17-14-12-10-8-6-4-2/h6-9,12-15,19,21,28,32,36H,3-5,10-11,16-18,20,22-27,29-31,33-35H2,1-2H3,(H,39,40)/b8-6-,9-7-,14-12-,15-13-,21-19-,32-28-. The lowest BCUT2D eigenvalue weighted by Gasteiger charge is -2.14. The summed E-state index contributed by atoms with van der Waals surface area (Å²) in [6.07, 6.45) is 46.3. The minimum Gasteiger partial charge on any atom is -0.481 e. The van der Waals surface area contributed by atoms with Gasteiger partial charge < -0.3 is 9.84 Å². The van der Waals surface area contributed by atoms with E-state index in [0.29, 0.717) is 6.42 Å². The Bertz CT molecular complexity index is 800. The van der Waals surface area contributed by atoms with Crippen LogP contribution in [0.1, 0.15) is 149 Å². The number of carbonyl (C=O) groups is 2. The molecule has 42 heavy (non-hydrogen) atoms. The van der Waals surface area contributed by atoms with Crippen LogP contribution in [0, 0.1) is 0 Å². The van der Waals surface area contributed by atoms with Crippen LogP contribution in [-0.2, 0) is 14.3 Å². The number of hydrogen-bond donors (Lipinski definition) is 1. The highest BCUT2D eigenvalue weighted by atomic mass is 16.5. The summed E-state index contributed by atoms with van der Waals surface area (Å²) < 4.78 is 5.85. The van der Waals surface area contributed by atoms with Crippen LogP contribution in [0.25, 0.3) is 0 Å². The van der Waals surface area contributed by atoms with E-state index in [1.807, 2.05) is 6.08 Å². The first kappa shape index (κ1) is 39.4. The molecule has 0 rings (SSSR count). The van der Waals surface area contributed by atoms with Crippen molar-refractivity contribution < 1.29 is 19.4 Å². The Morgan fingerprint density at radius 1 is 0.571 bits per heavy atom. The Morgan fingerprint density at radius 2 is 1.07 bits per heavy atom. The fourth-order valence-corrected chi connectivity index (χ4v) is 4.42. The SMILES string of the molecule is CC/C=C\C/C=C\C/C=C\C/C=C\C(CCCCCCCC(=O)O)OC(=O)CCCCCCC/C=C\C/C=C\CCC. The molecular weight excluding hydrogens is 520 g/mol. The van der Waals surface area contributed by atoms with Crippen LogP contribution in [-0.4, -0.2) is 23.1 Å². The number of carboxylic acid groups (broad SMARTS) is 1. The lowest BCUT2D eigenvalue weighted by Crippen LogP contribution is -2.16. The molecule has 238 valence electrons. The summed E-state index contributed by atoms with van der Waals surface area (Å²) in [7, 11) is 0. The summed E-state index contributed by atoms with van der Waals surface area (Å²) in [5.41, 5.74) is 0. The van der Waals surface area contributed by atoms with Crippen molar-refractivity contribution >= 4 is 11.9 Å². The summed E-state index contributed by atoms with van der Waals surface area (Å²) >= 11 is 0. The lowest BCUT2D eigenvalue weighted by molar-refractivity contribution is -0.147. The second kappa shape index (κ2) is 32.9. The largest absolute Gasteiger partial charge is 0.481 e. The van der Waals surface area contributed by atoms with Crippen LogP contribution in [0.15, 0.2) is 72.9 Å². The quantitative estimate of drug-likeness (QED) is 0.0541. The fraction of sp³-hybridized carbons (Fsp3) is 0.632. The maximum absolute atomic E-state index is 12.5. The molecule has 0 radical (unpaired) electrons. The number of ether oxygens (including phenoxy) is 1. The number of carboxylic acids is 1. The Labute approximate surface area is 258 Å². The van der Waals surface area contributed by atoms with Crippen LogP contribution in [0.5, 0.6) is 0 Å². The zero-order valence-corrected chi connectivity index (χ0v) is 27.0. The van der Waals surface area contributed by atoms with Crippen LogP contribution in [0.4, 0.5) is 0 Å². The molecule has 0 aromatic rings. The molecule has 0 saturated carbocycles. The van der Waals surface area contributed by atoms with Gasteiger partial charge in [-0.2, -0.15) is 0 Å². The van der Waals surface area contributed by atoms with Gasteiger partial charge in [0.1, 0.15) is 6.10 Å². The lowest BCUT2D eigenvalue weighted by atomic mass is 10.1. The van der Waals surface area contributed by atoms with E-state index in [-0.39, 0.29) is 18.5 Å². The van der Waals surface area contributed by atoms with Gasteiger partial charge in [-0.15, -0.1) is 0 Å². The van der Waals surface area contributed by atoms with Crippen molar-refractivity contribution in [1.29, 1.82) is 0 Å². The van der Waals surface area contributed by atoms with Crippen LogP contribution in [0.2, 0.25) is 0 Å². The first-order valence-electron chi connectivity index (χ1n) is 16.9. The van der Waals surface area contributed by atoms with E-state index < -0.39 is 5.97 Å². The van der Waals surface area contributed by atoms with Crippen molar-refractivity contribution in [2.24, 2.45) is 0 Å². The van der Waals surface area contributed by atoms with E-state index in [1.165, 1.54) is 32.1 Å². The number of aliphatic carboxylic acids is 1. The second-order valence-electron chi connectivity index (χ2n) is 11.0. The number of unbranched alkanes of at least 4 members (excludes halogenated alkanes) is 10.